The van der Waals surface area contributed by atoms with Gasteiger partial charge in [0.15, 0.2) is 0 Å². The van der Waals surface area contributed by atoms with Gasteiger partial charge in [0.05, 0.1) is 5.92 Å². The molecule has 1 N–H and O–H groups in total. The van der Waals surface area contributed by atoms with Crippen LogP contribution in [0.25, 0.3) is 0 Å². The highest BCUT2D eigenvalue weighted by atomic mass is 16.5. The third kappa shape index (κ3) is 2.82. The predicted molar refractivity (Wildman–Crippen MR) is 37.8 cm³/mol. The minimum absolute atomic E-state index is 0.0856. The second-order valence-corrected chi connectivity index (χ2v) is 2.56. The molecule has 0 aromatic rings. The average Bonchev–Trinajstić information content (AvgIpc) is 1.87. The molecule has 60 valence electrons. The molecular formula is C7H14O3. The van der Waals surface area contributed by atoms with Crippen LogP contribution in [0.15, 0.2) is 0 Å². The Labute approximate surface area is 61.0 Å². The van der Waals surface area contributed by atoms with E-state index < -0.39 is 5.97 Å². The van der Waals surface area contributed by atoms with Crippen LogP contribution < -0.4 is 0 Å². The summed E-state index contributed by atoms with van der Waals surface area (Å²) < 4.78 is 4.81. The van der Waals surface area contributed by atoms with Crippen molar-refractivity contribution in [2.75, 3.05) is 13.7 Å². The third-order valence-electron chi connectivity index (χ3n) is 1.67. The molecular weight excluding hydrogens is 132 g/mol. The fraction of sp³-hybridized carbons (Fsp3) is 0.857. The Hall–Kier alpha value is -0.570. The van der Waals surface area contributed by atoms with Gasteiger partial charge in [-0.25, -0.2) is 0 Å². The van der Waals surface area contributed by atoms with E-state index in [-0.39, 0.29) is 11.8 Å². The minimum atomic E-state index is -0.760. The molecule has 0 aromatic carbocycles. The van der Waals surface area contributed by atoms with Crippen molar-refractivity contribution in [1.29, 1.82) is 0 Å². The Kier molecular flexibility index (Phi) is 4.03. The molecule has 0 amide bonds. The number of carboxylic acid groups (broad SMARTS) is 1. The molecule has 0 spiro atoms. The standard InChI is InChI=1S/C7H14O3/c1-5(4-10-3)6(2)7(8)9/h5-6H,4H2,1-3H3,(H,8,9). The van der Waals surface area contributed by atoms with E-state index >= 15 is 0 Å². The van der Waals surface area contributed by atoms with Gasteiger partial charge in [-0.3, -0.25) is 4.79 Å². The van der Waals surface area contributed by atoms with Crippen LogP contribution >= 0.6 is 0 Å². The van der Waals surface area contributed by atoms with E-state index in [4.69, 9.17) is 9.84 Å². The molecule has 0 bridgehead atoms. The lowest BCUT2D eigenvalue weighted by Crippen LogP contribution is -2.21. The summed E-state index contributed by atoms with van der Waals surface area (Å²) in [5.74, 6) is -0.994. The van der Waals surface area contributed by atoms with Crippen LogP contribution in [0.5, 0.6) is 0 Å². The van der Waals surface area contributed by atoms with Crippen LogP contribution in [0.1, 0.15) is 13.8 Å². The summed E-state index contributed by atoms with van der Waals surface area (Å²) in [7, 11) is 1.57. The van der Waals surface area contributed by atoms with E-state index in [0.717, 1.165) is 0 Å². The van der Waals surface area contributed by atoms with E-state index in [1.165, 1.54) is 0 Å². The fourth-order valence-corrected chi connectivity index (χ4v) is 0.651. The lowest BCUT2D eigenvalue weighted by atomic mass is 9.97. The summed E-state index contributed by atoms with van der Waals surface area (Å²) in [4.78, 5) is 10.4. The van der Waals surface area contributed by atoms with Crippen molar-refractivity contribution in [3.8, 4) is 0 Å². The summed E-state index contributed by atoms with van der Waals surface area (Å²) in [5, 5.41) is 8.52. The molecule has 0 rings (SSSR count). The first kappa shape index (κ1) is 9.43. The van der Waals surface area contributed by atoms with Gasteiger partial charge in [-0.1, -0.05) is 13.8 Å². The SMILES string of the molecule is COCC(C)C(C)C(=O)O. The minimum Gasteiger partial charge on any atom is -0.481 e. The maximum atomic E-state index is 10.4. The Morgan fingerprint density at radius 2 is 2.10 bits per heavy atom. The normalized spacial score (nSPS) is 16.3. The maximum absolute atomic E-state index is 10.4. The molecule has 2 unspecified atom stereocenters. The van der Waals surface area contributed by atoms with Crippen LogP contribution in [-0.2, 0) is 9.53 Å². The molecule has 2 atom stereocenters. The monoisotopic (exact) mass is 146 g/mol. The van der Waals surface area contributed by atoms with Crippen molar-refractivity contribution in [2.24, 2.45) is 11.8 Å². The van der Waals surface area contributed by atoms with Gasteiger partial charge < -0.3 is 9.84 Å². The number of methoxy groups -OCH3 is 1. The Bertz CT molecular complexity index is 111. The lowest BCUT2D eigenvalue weighted by Gasteiger charge is -2.13. The van der Waals surface area contributed by atoms with Gasteiger partial charge in [-0.15, -0.1) is 0 Å². The molecule has 3 heteroatoms. The number of hydrogen-bond acceptors (Lipinski definition) is 2. The molecule has 3 nitrogen and oxygen atoms in total. The average molecular weight is 146 g/mol. The number of aliphatic carboxylic acids is 1. The van der Waals surface area contributed by atoms with Crippen LogP contribution in [0.2, 0.25) is 0 Å². The first-order valence-electron chi connectivity index (χ1n) is 3.31. The highest BCUT2D eigenvalue weighted by Gasteiger charge is 2.18. The lowest BCUT2D eigenvalue weighted by molar-refractivity contribution is -0.143. The van der Waals surface area contributed by atoms with Gasteiger partial charge in [0.1, 0.15) is 0 Å². The Morgan fingerprint density at radius 1 is 1.60 bits per heavy atom. The molecule has 0 saturated heterocycles. The topological polar surface area (TPSA) is 46.5 Å². The first-order chi connectivity index (χ1) is 4.59. The number of rotatable bonds is 4. The number of ether oxygens (including phenoxy) is 1. The van der Waals surface area contributed by atoms with Gasteiger partial charge in [-0.2, -0.15) is 0 Å². The zero-order valence-electron chi connectivity index (χ0n) is 6.63. The molecule has 0 aliphatic heterocycles. The second kappa shape index (κ2) is 4.28. The summed E-state index contributed by atoms with van der Waals surface area (Å²) >= 11 is 0. The Morgan fingerprint density at radius 3 is 2.40 bits per heavy atom. The molecule has 0 saturated carbocycles. The van der Waals surface area contributed by atoms with Crippen molar-refractivity contribution in [1.82, 2.24) is 0 Å². The van der Waals surface area contributed by atoms with Gasteiger partial charge in [0.25, 0.3) is 0 Å². The highest BCUT2D eigenvalue weighted by Crippen LogP contribution is 2.10. The maximum Gasteiger partial charge on any atom is 0.306 e. The van der Waals surface area contributed by atoms with Crippen molar-refractivity contribution >= 4 is 5.97 Å². The molecule has 0 radical (unpaired) electrons. The summed E-state index contributed by atoms with van der Waals surface area (Å²) in [6, 6.07) is 0. The number of hydrogen-bond donors (Lipinski definition) is 1. The zero-order valence-corrected chi connectivity index (χ0v) is 6.63. The largest absolute Gasteiger partial charge is 0.481 e. The predicted octanol–water partition coefficient (Wildman–Crippen LogP) is 0.990. The van der Waals surface area contributed by atoms with E-state index in [9.17, 15) is 4.79 Å². The summed E-state index contributed by atoms with van der Waals surface area (Å²) in [5.41, 5.74) is 0. The van der Waals surface area contributed by atoms with Crippen LogP contribution in [0.4, 0.5) is 0 Å². The van der Waals surface area contributed by atoms with E-state index in [0.29, 0.717) is 6.61 Å². The van der Waals surface area contributed by atoms with Crippen molar-refractivity contribution < 1.29 is 14.6 Å². The van der Waals surface area contributed by atoms with Crippen molar-refractivity contribution in [3.63, 3.8) is 0 Å². The summed E-state index contributed by atoms with van der Waals surface area (Å²) in [6.45, 7) is 4.06. The molecule has 0 aliphatic rings. The van der Waals surface area contributed by atoms with E-state index in [1.54, 1.807) is 14.0 Å². The van der Waals surface area contributed by atoms with Gasteiger partial charge >= 0.3 is 5.97 Å². The molecule has 0 fully saturated rings. The quantitative estimate of drug-likeness (QED) is 0.643. The molecule has 0 aliphatic carbocycles. The first-order valence-corrected chi connectivity index (χ1v) is 3.31. The van der Waals surface area contributed by atoms with E-state index in [1.807, 2.05) is 6.92 Å². The number of carboxylic acids is 1. The van der Waals surface area contributed by atoms with Crippen molar-refractivity contribution in [2.45, 2.75) is 13.8 Å². The van der Waals surface area contributed by atoms with Crippen LogP contribution in [0.3, 0.4) is 0 Å². The van der Waals surface area contributed by atoms with Crippen LogP contribution in [0, 0.1) is 11.8 Å². The third-order valence-corrected chi connectivity index (χ3v) is 1.67. The van der Waals surface area contributed by atoms with Gasteiger partial charge in [0, 0.05) is 13.7 Å². The highest BCUT2D eigenvalue weighted by molar-refractivity contribution is 5.69. The van der Waals surface area contributed by atoms with Crippen molar-refractivity contribution in [3.05, 3.63) is 0 Å². The van der Waals surface area contributed by atoms with Crippen LogP contribution in [-0.4, -0.2) is 24.8 Å². The smallest absolute Gasteiger partial charge is 0.306 e. The van der Waals surface area contributed by atoms with E-state index in [2.05, 4.69) is 0 Å². The fourth-order valence-electron chi connectivity index (χ4n) is 0.651. The molecule has 10 heavy (non-hydrogen) atoms. The van der Waals surface area contributed by atoms with Gasteiger partial charge in [-0.05, 0) is 5.92 Å². The second-order valence-electron chi connectivity index (χ2n) is 2.56. The molecule has 0 aromatic heterocycles. The molecule has 0 heterocycles. The van der Waals surface area contributed by atoms with Gasteiger partial charge in [0.2, 0.25) is 0 Å². The Balaban J connectivity index is 3.69. The zero-order chi connectivity index (χ0) is 8.15. The summed E-state index contributed by atoms with van der Waals surface area (Å²) in [6.07, 6.45) is 0. The number of carbonyl (C=O) groups is 1.